The second kappa shape index (κ2) is 11.5. The summed E-state index contributed by atoms with van der Waals surface area (Å²) >= 11 is 0. The molecule has 0 radical (unpaired) electrons. The van der Waals surface area contributed by atoms with Gasteiger partial charge in [-0.2, -0.15) is 0 Å². The number of likely N-dealkylation sites (tertiary alicyclic amines) is 1. The van der Waals surface area contributed by atoms with Gasteiger partial charge in [-0.3, -0.25) is 4.79 Å². The molecule has 1 amide bonds. The second-order valence-corrected chi connectivity index (χ2v) is 8.60. The normalized spacial score (nSPS) is 14.9. The maximum atomic E-state index is 12.7. The number of piperidine rings is 1. The van der Waals surface area contributed by atoms with Crippen molar-refractivity contribution in [1.82, 2.24) is 19.4 Å². The van der Waals surface area contributed by atoms with Crippen molar-refractivity contribution < 1.29 is 19.1 Å². The zero-order chi connectivity index (χ0) is 24.6. The second-order valence-electron chi connectivity index (χ2n) is 8.60. The molecule has 1 saturated heterocycles. The summed E-state index contributed by atoms with van der Waals surface area (Å²) in [6, 6.07) is 13.4. The van der Waals surface area contributed by atoms with Gasteiger partial charge in [-0.1, -0.05) is 36.4 Å². The molecule has 9 nitrogen and oxygen atoms in total. The van der Waals surface area contributed by atoms with E-state index >= 15 is 0 Å². The van der Waals surface area contributed by atoms with Gasteiger partial charge in [0.1, 0.15) is 18.3 Å². The van der Waals surface area contributed by atoms with Crippen LogP contribution < -0.4 is 5.73 Å². The van der Waals surface area contributed by atoms with Crippen molar-refractivity contribution in [2.24, 2.45) is 0 Å². The number of nitrogens with zero attached hydrogens (tertiary/aromatic N) is 4. The molecule has 3 heterocycles. The largest absolute Gasteiger partial charge is 0.465 e. The lowest BCUT2D eigenvalue weighted by molar-refractivity contribution is -0.145. The maximum absolute atomic E-state index is 12.7. The highest BCUT2D eigenvalue weighted by atomic mass is 16.6. The predicted molar refractivity (Wildman–Crippen MR) is 130 cm³/mol. The van der Waals surface area contributed by atoms with Crippen molar-refractivity contribution in [2.75, 3.05) is 25.4 Å². The Morgan fingerprint density at radius 3 is 2.51 bits per heavy atom. The van der Waals surface area contributed by atoms with Crippen molar-refractivity contribution in [1.29, 1.82) is 0 Å². The Balaban J connectivity index is 1.35. The van der Waals surface area contributed by atoms with Gasteiger partial charge >= 0.3 is 12.1 Å². The number of rotatable bonds is 8. The van der Waals surface area contributed by atoms with E-state index in [-0.39, 0.29) is 24.7 Å². The first-order chi connectivity index (χ1) is 17.0. The number of imidazole rings is 1. The summed E-state index contributed by atoms with van der Waals surface area (Å²) in [5.41, 5.74) is 8.19. The number of nitrogens with two attached hydrogens (primary N) is 1. The van der Waals surface area contributed by atoms with Gasteiger partial charge in [-0.05, 0) is 43.4 Å². The number of benzene rings is 1. The molecule has 0 spiro atoms. The highest BCUT2D eigenvalue weighted by molar-refractivity contribution is 5.78. The summed E-state index contributed by atoms with van der Waals surface area (Å²) in [5, 5.41) is 0. The number of carbonyl (C=O) groups is 2. The molecule has 184 valence electrons. The average Bonchev–Trinajstić information content (AvgIpc) is 3.38. The lowest BCUT2D eigenvalue weighted by Crippen LogP contribution is -2.39. The molecule has 3 aromatic rings. The Morgan fingerprint density at radius 1 is 1.06 bits per heavy atom. The van der Waals surface area contributed by atoms with E-state index in [9.17, 15) is 9.59 Å². The molecule has 2 aromatic heterocycles. The fraction of sp³-hybridized carbons (Fsp3) is 0.385. The van der Waals surface area contributed by atoms with Crippen molar-refractivity contribution in [3.63, 3.8) is 0 Å². The maximum Gasteiger partial charge on any atom is 0.410 e. The summed E-state index contributed by atoms with van der Waals surface area (Å²) < 4.78 is 12.8. The number of ether oxygens (including phenoxy) is 2. The minimum atomic E-state index is -0.533. The summed E-state index contributed by atoms with van der Waals surface area (Å²) in [5.74, 6) is -0.416. The summed E-state index contributed by atoms with van der Waals surface area (Å²) in [4.78, 5) is 35.6. The Hall–Kier alpha value is -3.88. The fourth-order valence-corrected chi connectivity index (χ4v) is 4.23. The molecular formula is C26H31N5O4. The van der Waals surface area contributed by atoms with Crippen LogP contribution in [0, 0.1) is 0 Å². The third-order valence-electron chi connectivity index (χ3n) is 6.19. The molecule has 1 unspecified atom stereocenters. The van der Waals surface area contributed by atoms with Crippen LogP contribution in [0.3, 0.4) is 0 Å². The minimum Gasteiger partial charge on any atom is -0.465 e. The highest BCUT2D eigenvalue weighted by Crippen LogP contribution is 2.27. The van der Waals surface area contributed by atoms with Gasteiger partial charge in [0.2, 0.25) is 0 Å². The predicted octanol–water partition coefficient (Wildman–Crippen LogP) is 3.72. The van der Waals surface area contributed by atoms with Gasteiger partial charge in [0.25, 0.3) is 0 Å². The first-order valence-corrected chi connectivity index (χ1v) is 11.9. The van der Waals surface area contributed by atoms with E-state index in [4.69, 9.17) is 15.2 Å². The smallest absolute Gasteiger partial charge is 0.410 e. The lowest BCUT2D eigenvalue weighted by atomic mass is 9.97. The van der Waals surface area contributed by atoms with Crippen molar-refractivity contribution in [2.45, 2.75) is 44.8 Å². The number of carbonyl (C=O) groups excluding carboxylic acids is 2. The van der Waals surface area contributed by atoms with Crippen LogP contribution in [0.1, 0.15) is 48.5 Å². The topological polar surface area (TPSA) is 113 Å². The molecule has 2 N–H and O–H groups in total. The van der Waals surface area contributed by atoms with Crippen molar-refractivity contribution >= 4 is 17.9 Å². The Labute approximate surface area is 204 Å². The van der Waals surface area contributed by atoms with E-state index < -0.39 is 5.92 Å². The molecule has 1 aliphatic rings. The number of hydrogen-bond donors (Lipinski definition) is 1. The van der Waals surface area contributed by atoms with Crippen LogP contribution >= 0.6 is 0 Å². The molecule has 0 bridgehead atoms. The van der Waals surface area contributed by atoms with E-state index in [1.54, 1.807) is 30.4 Å². The van der Waals surface area contributed by atoms with Crippen LogP contribution in [-0.4, -0.2) is 51.2 Å². The first-order valence-electron chi connectivity index (χ1n) is 11.9. The van der Waals surface area contributed by atoms with Gasteiger partial charge in [-0.25, -0.2) is 14.8 Å². The summed E-state index contributed by atoms with van der Waals surface area (Å²) in [6.07, 6.45) is 7.04. The number of nitrogen functional groups attached to an aromatic ring is 1. The van der Waals surface area contributed by atoms with Gasteiger partial charge in [0.05, 0.1) is 18.6 Å². The highest BCUT2D eigenvalue weighted by Gasteiger charge is 2.28. The van der Waals surface area contributed by atoms with Crippen LogP contribution in [-0.2, 0) is 27.3 Å². The zero-order valence-electron chi connectivity index (χ0n) is 19.9. The molecule has 35 heavy (non-hydrogen) atoms. The fourth-order valence-electron chi connectivity index (χ4n) is 4.23. The average molecular weight is 478 g/mol. The van der Waals surface area contributed by atoms with Crippen molar-refractivity contribution in [3.05, 3.63) is 78.0 Å². The number of hydrogen-bond acceptors (Lipinski definition) is 7. The molecule has 1 atom stereocenters. The zero-order valence-corrected chi connectivity index (χ0v) is 19.9. The van der Waals surface area contributed by atoms with E-state index in [0.29, 0.717) is 37.6 Å². The number of pyridine rings is 1. The molecule has 1 aromatic carbocycles. The van der Waals surface area contributed by atoms with Crippen molar-refractivity contribution in [3.8, 4) is 0 Å². The van der Waals surface area contributed by atoms with Gasteiger partial charge < -0.3 is 24.7 Å². The SMILES string of the molecule is CCOC(=O)C(Cc1ccc(N)nc1)c1cn(C2CCN(C(=O)OCc3ccccc3)CC2)cn1. The molecule has 1 fully saturated rings. The van der Waals surface area contributed by atoms with Crippen LogP contribution in [0.4, 0.5) is 10.6 Å². The van der Waals surface area contributed by atoms with E-state index in [1.807, 2.05) is 47.2 Å². The number of anilines is 1. The number of aromatic nitrogens is 3. The van der Waals surface area contributed by atoms with Crippen LogP contribution in [0.5, 0.6) is 0 Å². The Kier molecular flexibility index (Phi) is 7.97. The standard InChI is InChI=1S/C26H31N5O4/c1-2-34-25(32)22(14-20-8-9-24(27)28-15-20)23-16-31(18-29-23)21-10-12-30(13-11-21)26(33)35-17-19-6-4-3-5-7-19/h3-9,15-16,18,21-22H,2,10-14,17H2,1H3,(H2,27,28). The Bertz CT molecular complexity index is 1110. The quantitative estimate of drug-likeness (QED) is 0.492. The number of esters is 1. The van der Waals surface area contributed by atoms with Crippen LogP contribution in [0.2, 0.25) is 0 Å². The summed E-state index contributed by atoms with van der Waals surface area (Å²) in [7, 11) is 0. The van der Waals surface area contributed by atoms with Gasteiger partial charge in [0, 0.05) is 31.5 Å². The third kappa shape index (κ3) is 6.38. The van der Waals surface area contributed by atoms with E-state index in [2.05, 4.69) is 9.97 Å². The van der Waals surface area contributed by atoms with Gasteiger partial charge in [-0.15, -0.1) is 0 Å². The number of amides is 1. The first kappa shape index (κ1) is 24.3. The Morgan fingerprint density at radius 2 is 1.83 bits per heavy atom. The molecule has 4 rings (SSSR count). The monoisotopic (exact) mass is 477 g/mol. The molecular weight excluding hydrogens is 446 g/mol. The molecule has 9 heteroatoms. The lowest BCUT2D eigenvalue weighted by Gasteiger charge is -2.31. The molecule has 0 aliphatic carbocycles. The van der Waals surface area contributed by atoms with Gasteiger partial charge in [0.15, 0.2) is 0 Å². The van der Waals surface area contributed by atoms with E-state index in [0.717, 1.165) is 24.0 Å². The van der Waals surface area contributed by atoms with E-state index in [1.165, 1.54) is 0 Å². The van der Waals surface area contributed by atoms with Crippen LogP contribution in [0.25, 0.3) is 0 Å². The molecule has 1 aliphatic heterocycles. The molecule has 0 saturated carbocycles. The minimum absolute atomic E-state index is 0.190. The summed E-state index contributed by atoms with van der Waals surface area (Å²) in [6.45, 7) is 3.56. The van der Waals surface area contributed by atoms with Crippen LogP contribution in [0.15, 0.2) is 61.2 Å². The third-order valence-corrected chi connectivity index (χ3v) is 6.19.